The van der Waals surface area contributed by atoms with E-state index >= 15 is 0 Å². The quantitative estimate of drug-likeness (QED) is 0.670. The third kappa shape index (κ3) is 4.23. The first-order valence-electron chi connectivity index (χ1n) is 5.61. The Morgan fingerprint density at radius 1 is 1.27 bits per heavy atom. The van der Waals surface area contributed by atoms with Crippen LogP contribution in [0.3, 0.4) is 0 Å². The van der Waals surface area contributed by atoms with Gasteiger partial charge in [0.25, 0.3) is 0 Å². The Hall–Kier alpha value is -0.530. The van der Waals surface area contributed by atoms with Crippen LogP contribution in [-0.4, -0.2) is 23.4 Å². The Morgan fingerprint density at radius 3 is 2.47 bits per heavy atom. The fourth-order valence-electron chi connectivity index (χ4n) is 1.64. The molecule has 0 heterocycles. The molecular weight excluding hydrogens is 206 g/mol. The van der Waals surface area contributed by atoms with Gasteiger partial charge < -0.3 is 0 Å². The molecule has 0 aliphatic carbocycles. The van der Waals surface area contributed by atoms with E-state index < -0.39 is 0 Å². The number of benzene rings is 1. The molecule has 1 aromatic carbocycles. The smallest absolute Gasteiger partial charge is 0.0351 e. The normalized spacial score (nSPS) is 13.1. The molecule has 0 spiro atoms. The van der Waals surface area contributed by atoms with Crippen molar-refractivity contribution in [3.05, 3.63) is 35.9 Å². The van der Waals surface area contributed by atoms with Gasteiger partial charge in [-0.15, -0.1) is 11.6 Å². The molecule has 1 unspecified atom stereocenters. The average Bonchev–Trinajstić information content (AvgIpc) is 2.29. The molecule has 1 rings (SSSR count). The van der Waals surface area contributed by atoms with Crippen LogP contribution >= 0.6 is 11.6 Å². The molecule has 1 nitrogen and oxygen atoms in total. The summed E-state index contributed by atoms with van der Waals surface area (Å²) in [5.74, 6) is 0.706. The molecule has 0 N–H and O–H groups in total. The molecule has 0 aliphatic rings. The molecule has 15 heavy (non-hydrogen) atoms. The zero-order chi connectivity index (χ0) is 11.1. The molecule has 0 saturated heterocycles. The van der Waals surface area contributed by atoms with Crippen LogP contribution in [0.4, 0.5) is 0 Å². The van der Waals surface area contributed by atoms with Crippen LogP contribution in [0, 0.1) is 0 Å². The largest absolute Gasteiger partial charge is 0.295 e. The number of hydrogen-bond donors (Lipinski definition) is 0. The van der Waals surface area contributed by atoms with Crippen LogP contribution in [0.25, 0.3) is 0 Å². The third-order valence-corrected chi connectivity index (χ3v) is 2.98. The molecule has 0 fully saturated rings. The number of halogens is 1. The van der Waals surface area contributed by atoms with Crippen molar-refractivity contribution in [2.24, 2.45) is 0 Å². The molecular formula is C13H20ClN. The van der Waals surface area contributed by atoms with E-state index in [1.54, 1.807) is 0 Å². The number of hydrogen-bond acceptors (Lipinski definition) is 1. The summed E-state index contributed by atoms with van der Waals surface area (Å²) >= 11 is 5.82. The standard InChI is InChI=1S/C13H20ClN/c1-3-12(2)15(10-9-14)11-13-7-5-4-6-8-13/h4-8,12H,3,9-11H2,1-2H3. The monoisotopic (exact) mass is 225 g/mol. The van der Waals surface area contributed by atoms with Crippen molar-refractivity contribution in [1.29, 1.82) is 0 Å². The summed E-state index contributed by atoms with van der Waals surface area (Å²) in [5, 5.41) is 0. The first-order valence-corrected chi connectivity index (χ1v) is 6.15. The van der Waals surface area contributed by atoms with Crippen molar-refractivity contribution in [2.45, 2.75) is 32.9 Å². The Labute approximate surface area is 98.0 Å². The van der Waals surface area contributed by atoms with Crippen LogP contribution in [0.15, 0.2) is 30.3 Å². The van der Waals surface area contributed by atoms with E-state index in [1.807, 2.05) is 0 Å². The van der Waals surface area contributed by atoms with Gasteiger partial charge in [-0.1, -0.05) is 37.3 Å². The minimum atomic E-state index is 0.601. The topological polar surface area (TPSA) is 3.24 Å². The summed E-state index contributed by atoms with van der Waals surface area (Å²) < 4.78 is 0. The van der Waals surface area contributed by atoms with Crippen LogP contribution in [0.2, 0.25) is 0 Å². The van der Waals surface area contributed by atoms with Crippen molar-refractivity contribution in [3.63, 3.8) is 0 Å². The Balaban J connectivity index is 2.58. The van der Waals surface area contributed by atoms with Crippen LogP contribution < -0.4 is 0 Å². The number of nitrogens with zero attached hydrogens (tertiary/aromatic N) is 1. The summed E-state index contributed by atoms with van der Waals surface area (Å²) in [7, 11) is 0. The average molecular weight is 226 g/mol. The first-order chi connectivity index (χ1) is 7.27. The minimum absolute atomic E-state index is 0.601. The zero-order valence-corrected chi connectivity index (χ0v) is 10.4. The van der Waals surface area contributed by atoms with Gasteiger partial charge in [-0.2, -0.15) is 0 Å². The highest BCUT2D eigenvalue weighted by Crippen LogP contribution is 2.10. The van der Waals surface area contributed by atoms with Crippen LogP contribution in [-0.2, 0) is 6.54 Å². The molecule has 2 heteroatoms. The summed E-state index contributed by atoms with van der Waals surface area (Å²) in [4.78, 5) is 2.43. The second-order valence-electron chi connectivity index (χ2n) is 3.90. The summed E-state index contributed by atoms with van der Waals surface area (Å²) in [6, 6.07) is 11.2. The summed E-state index contributed by atoms with van der Waals surface area (Å²) in [6.45, 7) is 6.44. The van der Waals surface area contributed by atoms with Crippen molar-refractivity contribution < 1.29 is 0 Å². The van der Waals surface area contributed by atoms with Crippen molar-refractivity contribution in [1.82, 2.24) is 4.90 Å². The number of alkyl halides is 1. The van der Waals surface area contributed by atoms with Gasteiger partial charge in [-0.05, 0) is 18.9 Å². The fourth-order valence-corrected chi connectivity index (χ4v) is 1.86. The van der Waals surface area contributed by atoms with Gasteiger partial charge in [-0.3, -0.25) is 4.90 Å². The summed E-state index contributed by atoms with van der Waals surface area (Å²) in [5.41, 5.74) is 1.36. The molecule has 0 amide bonds. The van der Waals surface area contributed by atoms with E-state index in [0.29, 0.717) is 11.9 Å². The second-order valence-corrected chi connectivity index (χ2v) is 4.28. The van der Waals surface area contributed by atoms with E-state index in [0.717, 1.165) is 13.1 Å². The van der Waals surface area contributed by atoms with Gasteiger partial charge >= 0.3 is 0 Å². The van der Waals surface area contributed by atoms with E-state index in [1.165, 1.54) is 12.0 Å². The highest BCUT2D eigenvalue weighted by atomic mass is 35.5. The Bertz CT molecular complexity index is 260. The second kappa shape index (κ2) is 6.86. The van der Waals surface area contributed by atoms with E-state index in [-0.39, 0.29) is 0 Å². The van der Waals surface area contributed by atoms with Crippen molar-refractivity contribution >= 4 is 11.6 Å². The molecule has 0 saturated carbocycles. The minimum Gasteiger partial charge on any atom is -0.295 e. The predicted octanol–water partition coefficient (Wildman–Crippen LogP) is 3.53. The molecule has 1 aromatic rings. The van der Waals surface area contributed by atoms with E-state index in [9.17, 15) is 0 Å². The highest BCUT2D eigenvalue weighted by molar-refractivity contribution is 6.18. The Kier molecular flexibility index (Phi) is 5.74. The molecule has 0 radical (unpaired) electrons. The van der Waals surface area contributed by atoms with Gasteiger partial charge in [0, 0.05) is 25.0 Å². The SMILES string of the molecule is CCC(C)N(CCCl)Cc1ccccc1. The molecule has 0 aromatic heterocycles. The maximum absolute atomic E-state index is 5.82. The lowest BCUT2D eigenvalue weighted by Crippen LogP contribution is -2.33. The van der Waals surface area contributed by atoms with Crippen molar-refractivity contribution in [3.8, 4) is 0 Å². The van der Waals surface area contributed by atoms with Gasteiger partial charge in [0.2, 0.25) is 0 Å². The molecule has 84 valence electrons. The van der Waals surface area contributed by atoms with Crippen LogP contribution in [0.1, 0.15) is 25.8 Å². The van der Waals surface area contributed by atoms with E-state index in [4.69, 9.17) is 11.6 Å². The highest BCUT2D eigenvalue weighted by Gasteiger charge is 2.11. The van der Waals surface area contributed by atoms with Crippen LogP contribution in [0.5, 0.6) is 0 Å². The zero-order valence-electron chi connectivity index (χ0n) is 9.62. The Morgan fingerprint density at radius 2 is 1.93 bits per heavy atom. The molecule has 0 aliphatic heterocycles. The summed E-state index contributed by atoms with van der Waals surface area (Å²) in [6.07, 6.45) is 1.17. The number of rotatable bonds is 6. The predicted molar refractivity (Wildman–Crippen MR) is 67.3 cm³/mol. The lowest BCUT2D eigenvalue weighted by atomic mass is 10.1. The van der Waals surface area contributed by atoms with E-state index in [2.05, 4.69) is 49.1 Å². The van der Waals surface area contributed by atoms with Gasteiger partial charge in [-0.25, -0.2) is 0 Å². The van der Waals surface area contributed by atoms with Gasteiger partial charge in [0.1, 0.15) is 0 Å². The molecule has 1 atom stereocenters. The van der Waals surface area contributed by atoms with Crippen molar-refractivity contribution in [2.75, 3.05) is 12.4 Å². The lowest BCUT2D eigenvalue weighted by Gasteiger charge is -2.27. The van der Waals surface area contributed by atoms with Gasteiger partial charge in [0.05, 0.1) is 0 Å². The lowest BCUT2D eigenvalue weighted by molar-refractivity contribution is 0.207. The maximum Gasteiger partial charge on any atom is 0.0351 e. The molecule has 0 bridgehead atoms. The third-order valence-electron chi connectivity index (χ3n) is 2.81. The maximum atomic E-state index is 5.82. The first kappa shape index (κ1) is 12.5. The fraction of sp³-hybridized carbons (Fsp3) is 0.538. The van der Waals surface area contributed by atoms with Gasteiger partial charge in [0.15, 0.2) is 0 Å².